The molecule has 32 heavy (non-hydrogen) atoms. The maximum absolute atomic E-state index is 12.7. The highest BCUT2D eigenvalue weighted by atomic mass is 35.5. The molecule has 3 aromatic rings. The van der Waals surface area contributed by atoms with Crippen LogP contribution >= 0.6 is 11.6 Å². The Hall–Kier alpha value is -3.22. The number of nitrogens with zero attached hydrogens (tertiary/aromatic N) is 2. The number of pyridine rings is 1. The molecule has 2 amide bonds. The normalized spacial score (nSPS) is 14.0. The van der Waals surface area contributed by atoms with Crippen molar-refractivity contribution in [1.29, 1.82) is 0 Å². The van der Waals surface area contributed by atoms with Crippen LogP contribution in [0.15, 0.2) is 66.9 Å². The molecule has 1 saturated heterocycles. The molecule has 1 aliphatic rings. The van der Waals surface area contributed by atoms with Crippen LogP contribution in [0, 0.1) is 0 Å². The minimum absolute atomic E-state index is 0.273. The second-order valence-electron chi connectivity index (χ2n) is 7.84. The van der Waals surface area contributed by atoms with Crippen molar-refractivity contribution in [2.75, 3.05) is 23.7 Å². The highest BCUT2D eigenvalue weighted by Crippen LogP contribution is 2.26. The first kappa shape index (κ1) is 22.0. The Morgan fingerprint density at radius 2 is 1.62 bits per heavy atom. The molecule has 0 spiro atoms. The highest BCUT2D eigenvalue weighted by molar-refractivity contribution is 6.34. The highest BCUT2D eigenvalue weighted by Gasteiger charge is 2.13. The predicted molar refractivity (Wildman–Crippen MR) is 127 cm³/mol. The predicted octanol–water partition coefficient (Wildman–Crippen LogP) is 5.23. The molecular weight excluding hydrogens is 424 g/mol. The Balaban J connectivity index is 1.39. The lowest BCUT2D eigenvalue weighted by Gasteiger charge is -2.25. The van der Waals surface area contributed by atoms with Gasteiger partial charge in [-0.25, -0.2) is 0 Å². The molecule has 2 N–H and O–H groups in total. The first-order valence-corrected chi connectivity index (χ1v) is 11.1. The van der Waals surface area contributed by atoms with Gasteiger partial charge >= 0.3 is 0 Å². The zero-order valence-electron chi connectivity index (χ0n) is 17.7. The molecule has 0 aliphatic carbocycles. The number of hydrogen-bond acceptors (Lipinski definition) is 4. The maximum Gasteiger partial charge on any atom is 0.257 e. The van der Waals surface area contributed by atoms with Crippen LogP contribution in [-0.2, 0) is 6.54 Å². The number of rotatable bonds is 6. The molecule has 0 radical (unpaired) electrons. The Labute approximate surface area is 192 Å². The lowest BCUT2D eigenvalue weighted by molar-refractivity contribution is 0.101. The van der Waals surface area contributed by atoms with E-state index in [1.54, 1.807) is 54.7 Å². The van der Waals surface area contributed by atoms with Crippen LogP contribution in [0.2, 0.25) is 5.02 Å². The number of likely N-dealkylation sites (tertiary alicyclic amines) is 1. The van der Waals surface area contributed by atoms with E-state index in [1.807, 2.05) is 12.1 Å². The summed E-state index contributed by atoms with van der Waals surface area (Å²) in [7, 11) is 0. The third kappa shape index (κ3) is 5.72. The monoisotopic (exact) mass is 448 g/mol. The Bertz CT molecular complexity index is 1080. The molecule has 4 rings (SSSR count). The van der Waals surface area contributed by atoms with Crippen molar-refractivity contribution < 1.29 is 9.59 Å². The molecule has 1 fully saturated rings. The SMILES string of the molecule is O=C(Nc1ccc(Cl)c(NC(=O)c2ccccc2)c1)c1ccc(CN2CCCCC2)nc1. The van der Waals surface area contributed by atoms with E-state index >= 15 is 0 Å². The van der Waals surface area contributed by atoms with Crippen molar-refractivity contribution in [1.82, 2.24) is 9.88 Å². The van der Waals surface area contributed by atoms with Gasteiger partial charge in [0.25, 0.3) is 11.8 Å². The first-order valence-electron chi connectivity index (χ1n) is 10.7. The lowest BCUT2D eigenvalue weighted by Crippen LogP contribution is -2.29. The van der Waals surface area contributed by atoms with Gasteiger partial charge in [0, 0.05) is 24.0 Å². The second kappa shape index (κ2) is 10.4. The fourth-order valence-corrected chi connectivity index (χ4v) is 3.85. The molecule has 7 heteroatoms. The zero-order valence-corrected chi connectivity index (χ0v) is 18.4. The Morgan fingerprint density at radius 1 is 0.875 bits per heavy atom. The van der Waals surface area contributed by atoms with Crippen LogP contribution < -0.4 is 10.6 Å². The standard InChI is InChI=1S/C25H25ClN4O2/c26-22-12-11-20(15-23(22)29-24(31)18-7-3-1-4-8-18)28-25(32)19-9-10-21(27-16-19)17-30-13-5-2-6-14-30/h1,3-4,7-12,15-16H,2,5-6,13-14,17H2,(H,28,32)(H,29,31). The fraction of sp³-hybridized carbons (Fsp3) is 0.240. The van der Waals surface area contributed by atoms with Gasteiger partial charge in [-0.2, -0.15) is 0 Å². The second-order valence-corrected chi connectivity index (χ2v) is 8.25. The summed E-state index contributed by atoms with van der Waals surface area (Å²) < 4.78 is 0. The molecule has 0 atom stereocenters. The molecule has 2 heterocycles. The average molecular weight is 449 g/mol. The molecule has 6 nitrogen and oxygen atoms in total. The number of amides is 2. The van der Waals surface area contributed by atoms with E-state index in [0.29, 0.717) is 27.5 Å². The van der Waals surface area contributed by atoms with E-state index < -0.39 is 0 Å². The van der Waals surface area contributed by atoms with Crippen LogP contribution in [0.4, 0.5) is 11.4 Å². The average Bonchev–Trinajstić information content (AvgIpc) is 2.83. The maximum atomic E-state index is 12.7. The summed E-state index contributed by atoms with van der Waals surface area (Å²) in [4.78, 5) is 32.0. The van der Waals surface area contributed by atoms with Gasteiger partial charge in [-0.3, -0.25) is 19.5 Å². The Morgan fingerprint density at radius 3 is 2.34 bits per heavy atom. The molecule has 164 valence electrons. The van der Waals surface area contributed by atoms with Gasteiger partial charge in [0.2, 0.25) is 0 Å². The number of carbonyl (C=O) groups is 2. The fourth-order valence-electron chi connectivity index (χ4n) is 3.69. The summed E-state index contributed by atoms with van der Waals surface area (Å²) in [5, 5.41) is 6.01. The number of piperidine rings is 1. The van der Waals surface area contributed by atoms with E-state index in [2.05, 4.69) is 20.5 Å². The molecule has 0 bridgehead atoms. The molecule has 1 aromatic heterocycles. The van der Waals surface area contributed by atoms with Crippen molar-refractivity contribution in [3.05, 3.63) is 88.7 Å². The van der Waals surface area contributed by atoms with E-state index in [1.165, 1.54) is 19.3 Å². The van der Waals surface area contributed by atoms with Crippen molar-refractivity contribution in [2.24, 2.45) is 0 Å². The topological polar surface area (TPSA) is 74.3 Å². The van der Waals surface area contributed by atoms with Gasteiger partial charge < -0.3 is 10.6 Å². The molecular formula is C25H25ClN4O2. The number of carbonyl (C=O) groups excluding carboxylic acids is 2. The smallest absolute Gasteiger partial charge is 0.257 e. The minimum Gasteiger partial charge on any atom is -0.322 e. The minimum atomic E-state index is -0.274. The lowest BCUT2D eigenvalue weighted by atomic mass is 10.1. The van der Waals surface area contributed by atoms with Crippen molar-refractivity contribution in [2.45, 2.75) is 25.8 Å². The summed E-state index contributed by atoms with van der Waals surface area (Å²) in [5.74, 6) is -0.547. The number of aromatic nitrogens is 1. The van der Waals surface area contributed by atoms with Crippen LogP contribution in [0.1, 0.15) is 45.7 Å². The summed E-state index contributed by atoms with van der Waals surface area (Å²) in [6.45, 7) is 3.01. The molecule has 0 saturated carbocycles. The van der Waals surface area contributed by atoms with Crippen LogP contribution in [-0.4, -0.2) is 34.8 Å². The zero-order chi connectivity index (χ0) is 22.3. The van der Waals surface area contributed by atoms with Crippen molar-refractivity contribution in [3.63, 3.8) is 0 Å². The van der Waals surface area contributed by atoms with E-state index in [4.69, 9.17) is 11.6 Å². The number of halogens is 1. The third-order valence-electron chi connectivity index (χ3n) is 5.43. The van der Waals surface area contributed by atoms with Gasteiger partial charge in [0.15, 0.2) is 0 Å². The van der Waals surface area contributed by atoms with Crippen LogP contribution in [0.25, 0.3) is 0 Å². The summed E-state index contributed by atoms with van der Waals surface area (Å²) >= 11 is 6.24. The first-order chi connectivity index (χ1) is 15.6. The van der Waals surface area contributed by atoms with E-state index in [0.717, 1.165) is 25.3 Å². The van der Waals surface area contributed by atoms with Crippen molar-refractivity contribution >= 4 is 34.8 Å². The molecule has 1 aliphatic heterocycles. The number of hydrogen-bond donors (Lipinski definition) is 2. The number of benzene rings is 2. The number of nitrogens with one attached hydrogen (secondary N) is 2. The Kier molecular flexibility index (Phi) is 7.14. The summed E-state index contributed by atoms with van der Waals surface area (Å²) in [6, 6.07) is 17.5. The van der Waals surface area contributed by atoms with Gasteiger partial charge in [-0.05, 0) is 68.4 Å². The van der Waals surface area contributed by atoms with Crippen LogP contribution in [0.5, 0.6) is 0 Å². The van der Waals surface area contributed by atoms with Crippen molar-refractivity contribution in [3.8, 4) is 0 Å². The van der Waals surface area contributed by atoms with Gasteiger partial charge in [-0.1, -0.05) is 36.2 Å². The van der Waals surface area contributed by atoms with E-state index in [-0.39, 0.29) is 11.8 Å². The van der Waals surface area contributed by atoms with E-state index in [9.17, 15) is 9.59 Å². The quantitative estimate of drug-likeness (QED) is 0.541. The van der Waals surface area contributed by atoms with Gasteiger partial charge in [0.1, 0.15) is 0 Å². The van der Waals surface area contributed by atoms with Crippen LogP contribution in [0.3, 0.4) is 0 Å². The largest absolute Gasteiger partial charge is 0.322 e. The molecule has 2 aromatic carbocycles. The van der Waals surface area contributed by atoms with Gasteiger partial charge in [-0.15, -0.1) is 0 Å². The number of anilines is 2. The summed E-state index contributed by atoms with van der Waals surface area (Å²) in [6.07, 6.45) is 5.36. The van der Waals surface area contributed by atoms with Gasteiger partial charge in [0.05, 0.1) is 22.0 Å². The molecule has 0 unspecified atom stereocenters. The summed E-state index contributed by atoms with van der Waals surface area (Å²) in [5.41, 5.74) is 2.90. The third-order valence-corrected chi connectivity index (χ3v) is 5.76.